The molecule has 0 aliphatic heterocycles. The normalized spacial score (nSPS) is 18.0. The fraction of sp³-hybridized carbons (Fsp3) is 0.812. The number of rotatable bonds is 9. The molecule has 1 N–H and O–H groups in total. The summed E-state index contributed by atoms with van der Waals surface area (Å²) in [6.07, 6.45) is 3.66. The maximum atomic E-state index is 6.48. The van der Waals surface area contributed by atoms with Crippen molar-refractivity contribution in [2.45, 2.75) is 46.6 Å². The fourth-order valence-electron chi connectivity index (χ4n) is 3.10. The van der Waals surface area contributed by atoms with Gasteiger partial charge in [-0.05, 0) is 44.4 Å². The number of aromatic nitrogens is 2. The Hall–Kier alpha value is -0.580. The molecule has 0 saturated heterocycles. The topological polar surface area (TPSA) is 39.1 Å². The van der Waals surface area contributed by atoms with Crippen molar-refractivity contribution in [3.05, 3.63) is 16.4 Å². The van der Waals surface area contributed by atoms with Crippen LogP contribution in [0, 0.1) is 18.3 Å². The molecule has 1 fully saturated rings. The molecule has 1 heterocycles. The Morgan fingerprint density at radius 2 is 2.19 bits per heavy atom. The van der Waals surface area contributed by atoms with Gasteiger partial charge in [0.25, 0.3) is 0 Å². The molecule has 1 atom stereocenters. The maximum Gasteiger partial charge on any atom is 0.0847 e. The Labute approximate surface area is 133 Å². The predicted octanol–water partition coefficient (Wildman–Crippen LogP) is 3.06. The Morgan fingerprint density at radius 1 is 1.48 bits per heavy atom. The summed E-state index contributed by atoms with van der Waals surface area (Å²) in [5.74, 6) is 0.795. The van der Waals surface area contributed by atoms with Gasteiger partial charge in [-0.3, -0.25) is 4.68 Å². The zero-order valence-corrected chi connectivity index (χ0v) is 14.5. The number of ether oxygens (including phenoxy) is 1. The number of aryl methyl sites for hydroxylation is 2. The van der Waals surface area contributed by atoms with Gasteiger partial charge in [0, 0.05) is 26.7 Å². The summed E-state index contributed by atoms with van der Waals surface area (Å²) in [5.41, 5.74) is 2.38. The van der Waals surface area contributed by atoms with E-state index >= 15 is 0 Å². The molecule has 1 saturated carbocycles. The van der Waals surface area contributed by atoms with E-state index < -0.39 is 0 Å². The fourth-order valence-corrected chi connectivity index (χ4v) is 3.30. The Kier molecular flexibility index (Phi) is 5.69. The van der Waals surface area contributed by atoms with Crippen LogP contribution in [0.2, 0.25) is 5.02 Å². The molecule has 120 valence electrons. The second-order valence-electron chi connectivity index (χ2n) is 6.44. The van der Waals surface area contributed by atoms with E-state index in [0.717, 1.165) is 49.3 Å². The lowest BCUT2D eigenvalue weighted by Crippen LogP contribution is -2.37. The molecule has 0 amide bonds. The summed E-state index contributed by atoms with van der Waals surface area (Å²) < 4.78 is 7.18. The second-order valence-corrected chi connectivity index (χ2v) is 6.81. The van der Waals surface area contributed by atoms with Crippen molar-refractivity contribution in [1.29, 1.82) is 0 Å². The van der Waals surface area contributed by atoms with Gasteiger partial charge in [-0.25, -0.2) is 0 Å². The van der Waals surface area contributed by atoms with Gasteiger partial charge in [-0.2, -0.15) is 5.10 Å². The second kappa shape index (κ2) is 7.12. The summed E-state index contributed by atoms with van der Waals surface area (Å²) in [4.78, 5) is 0. The van der Waals surface area contributed by atoms with Gasteiger partial charge >= 0.3 is 0 Å². The molecule has 0 aromatic carbocycles. The van der Waals surface area contributed by atoms with Gasteiger partial charge in [0.15, 0.2) is 0 Å². The summed E-state index contributed by atoms with van der Waals surface area (Å²) in [6, 6.07) is 0. The first-order valence-corrected chi connectivity index (χ1v) is 8.31. The smallest absolute Gasteiger partial charge is 0.0847 e. The Bertz CT molecular complexity index is 470. The van der Waals surface area contributed by atoms with Gasteiger partial charge in [-0.15, -0.1) is 0 Å². The minimum absolute atomic E-state index is 0.247. The quantitative estimate of drug-likeness (QED) is 0.712. The van der Waals surface area contributed by atoms with Gasteiger partial charge in [0.05, 0.1) is 23.0 Å². The van der Waals surface area contributed by atoms with Crippen molar-refractivity contribution in [2.75, 3.05) is 26.8 Å². The number of nitrogens with zero attached hydrogens (tertiary/aromatic N) is 2. The molecular formula is C16H28ClN3O. The van der Waals surface area contributed by atoms with Crippen LogP contribution in [-0.2, 0) is 17.7 Å². The van der Waals surface area contributed by atoms with Crippen molar-refractivity contribution >= 4 is 11.6 Å². The van der Waals surface area contributed by atoms with Crippen molar-refractivity contribution in [3.8, 4) is 0 Å². The minimum atomic E-state index is 0.247. The molecule has 1 aromatic heterocycles. The number of methoxy groups -OCH3 is 1. The Morgan fingerprint density at radius 3 is 2.76 bits per heavy atom. The summed E-state index contributed by atoms with van der Waals surface area (Å²) in [6.45, 7) is 10.0. The van der Waals surface area contributed by atoms with Crippen LogP contribution in [0.4, 0.5) is 0 Å². The highest BCUT2D eigenvalue weighted by Crippen LogP contribution is 2.47. The lowest BCUT2D eigenvalue weighted by molar-refractivity contribution is 0.186. The van der Waals surface area contributed by atoms with Crippen LogP contribution >= 0.6 is 11.6 Å². The van der Waals surface area contributed by atoms with E-state index in [1.807, 2.05) is 6.92 Å². The van der Waals surface area contributed by atoms with E-state index in [4.69, 9.17) is 16.3 Å². The SMILES string of the molecule is CCn1nc(C)c(Cl)c1CC(C)(CNCCOC)C1CC1. The van der Waals surface area contributed by atoms with Crippen LogP contribution in [-0.4, -0.2) is 36.6 Å². The summed E-state index contributed by atoms with van der Waals surface area (Å²) >= 11 is 6.48. The highest BCUT2D eigenvalue weighted by atomic mass is 35.5. The average Bonchev–Trinajstić information content (AvgIpc) is 3.28. The molecule has 21 heavy (non-hydrogen) atoms. The van der Waals surface area contributed by atoms with Crippen molar-refractivity contribution < 1.29 is 4.74 Å². The number of hydrogen-bond donors (Lipinski definition) is 1. The Balaban J connectivity index is 2.09. The van der Waals surface area contributed by atoms with Crippen molar-refractivity contribution in [1.82, 2.24) is 15.1 Å². The molecule has 1 aliphatic carbocycles. The van der Waals surface area contributed by atoms with Crippen molar-refractivity contribution in [2.24, 2.45) is 11.3 Å². The highest BCUT2D eigenvalue weighted by Gasteiger charge is 2.42. The van der Waals surface area contributed by atoms with Crippen LogP contribution in [0.1, 0.15) is 38.1 Å². The number of nitrogens with one attached hydrogen (secondary N) is 1. The van der Waals surface area contributed by atoms with Gasteiger partial charge in [0.1, 0.15) is 0 Å². The molecule has 2 rings (SSSR count). The monoisotopic (exact) mass is 313 g/mol. The van der Waals surface area contributed by atoms with Gasteiger partial charge in [0.2, 0.25) is 0 Å². The van der Waals surface area contributed by atoms with Crippen molar-refractivity contribution in [3.63, 3.8) is 0 Å². The summed E-state index contributed by atoms with van der Waals surface area (Å²) in [5, 5.41) is 8.93. The zero-order valence-electron chi connectivity index (χ0n) is 13.7. The van der Waals surface area contributed by atoms with E-state index in [0.29, 0.717) is 0 Å². The third-order valence-electron chi connectivity index (χ3n) is 4.60. The molecule has 4 nitrogen and oxygen atoms in total. The molecule has 0 spiro atoms. The van der Waals surface area contributed by atoms with Crippen LogP contribution in [0.3, 0.4) is 0 Å². The number of halogens is 1. The third-order valence-corrected chi connectivity index (χ3v) is 5.09. The van der Waals surface area contributed by atoms with E-state index in [1.165, 1.54) is 18.5 Å². The standard InChI is InChI=1S/C16H28ClN3O/c1-5-20-14(15(17)12(2)19-20)10-16(3,13-6-7-13)11-18-8-9-21-4/h13,18H,5-11H2,1-4H3. The molecule has 1 aliphatic rings. The molecule has 0 bridgehead atoms. The predicted molar refractivity (Wildman–Crippen MR) is 86.9 cm³/mol. The minimum Gasteiger partial charge on any atom is -0.383 e. The molecule has 1 aromatic rings. The van der Waals surface area contributed by atoms with Crippen LogP contribution < -0.4 is 5.32 Å². The first-order chi connectivity index (χ1) is 10.0. The largest absolute Gasteiger partial charge is 0.383 e. The first kappa shape index (κ1) is 16.8. The van der Waals surface area contributed by atoms with Crippen LogP contribution in [0.15, 0.2) is 0 Å². The lowest BCUT2D eigenvalue weighted by atomic mass is 9.80. The van der Waals surface area contributed by atoms with E-state index in [-0.39, 0.29) is 5.41 Å². The summed E-state index contributed by atoms with van der Waals surface area (Å²) in [7, 11) is 1.74. The number of hydrogen-bond acceptors (Lipinski definition) is 3. The van der Waals surface area contributed by atoms with Gasteiger partial charge < -0.3 is 10.1 Å². The third kappa shape index (κ3) is 3.99. The molecule has 5 heteroatoms. The highest BCUT2D eigenvalue weighted by molar-refractivity contribution is 6.31. The average molecular weight is 314 g/mol. The zero-order chi connectivity index (χ0) is 15.5. The van der Waals surface area contributed by atoms with Crippen LogP contribution in [0.25, 0.3) is 0 Å². The molecule has 1 unspecified atom stereocenters. The van der Waals surface area contributed by atoms with E-state index in [9.17, 15) is 0 Å². The maximum absolute atomic E-state index is 6.48. The van der Waals surface area contributed by atoms with Crippen LogP contribution in [0.5, 0.6) is 0 Å². The van der Waals surface area contributed by atoms with E-state index in [1.54, 1.807) is 7.11 Å². The van der Waals surface area contributed by atoms with E-state index in [2.05, 4.69) is 28.9 Å². The molecule has 0 radical (unpaired) electrons. The first-order valence-electron chi connectivity index (χ1n) is 7.93. The molecular weight excluding hydrogens is 286 g/mol. The van der Waals surface area contributed by atoms with Gasteiger partial charge in [-0.1, -0.05) is 18.5 Å². The lowest BCUT2D eigenvalue weighted by Gasteiger charge is -2.30.